The first kappa shape index (κ1) is 15.0. The Balaban J connectivity index is 2.40. The van der Waals surface area contributed by atoms with E-state index >= 15 is 0 Å². The standard InChI is InChI=1S/C14H15ClN2O2S/c1-10-5-6-17(9-11(10)2)20(18,19)14-4-3-12(8-16)7-13(14)15/h3-4,7H,5-6,9H2,1-2H3. The molecule has 106 valence electrons. The third-order valence-electron chi connectivity index (χ3n) is 3.56. The Morgan fingerprint density at radius 1 is 1.30 bits per heavy atom. The largest absolute Gasteiger partial charge is 0.244 e. The summed E-state index contributed by atoms with van der Waals surface area (Å²) in [7, 11) is -3.62. The number of nitriles is 1. The maximum Gasteiger partial charge on any atom is 0.244 e. The highest BCUT2D eigenvalue weighted by atomic mass is 35.5. The Labute approximate surface area is 124 Å². The van der Waals surface area contributed by atoms with E-state index in [0.29, 0.717) is 18.7 Å². The van der Waals surface area contributed by atoms with Gasteiger partial charge in [0.05, 0.1) is 16.7 Å². The summed E-state index contributed by atoms with van der Waals surface area (Å²) in [6, 6.07) is 6.19. The molecule has 20 heavy (non-hydrogen) atoms. The van der Waals surface area contributed by atoms with Crippen molar-refractivity contribution in [2.75, 3.05) is 13.1 Å². The first-order valence-corrected chi connectivity index (χ1v) is 8.03. The van der Waals surface area contributed by atoms with E-state index in [2.05, 4.69) is 0 Å². The molecule has 0 radical (unpaired) electrons. The zero-order valence-corrected chi connectivity index (χ0v) is 12.9. The summed E-state index contributed by atoms with van der Waals surface area (Å²) in [6.07, 6.45) is 0.735. The van der Waals surface area contributed by atoms with Gasteiger partial charge in [0.25, 0.3) is 0 Å². The van der Waals surface area contributed by atoms with Gasteiger partial charge in [0, 0.05) is 13.1 Å². The van der Waals surface area contributed by atoms with Crippen molar-refractivity contribution in [1.29, 1.82) is 5.26 Å². The predicted molar refractivity (Wildman–Crippen MR) is 77.9 cm³/mol. The SMILES string of the molecule is CC1=C(C)CN(S(=O)(=O)c2ccc(C#N)cc2Cl)CC1. The topological polar surface area (TPSA) is 61.2 Å². The number of rotatable bonds is 2. The molecule has 0 aromatic heterocycles. The van der Waals surface area contributed by atoms with Gasteiger partial charge in [0.1, 0.15) is 4.90 Å². The monoisotopic (exact) mass is 310 g/mol. The Bertz CT molecular complexity index is 717. The van der Waals surface area contributed by atoms with Gasteiger partial charge in [-0.25, -0.2) is 8.42 Å². The average molecular weight is 311 g/mol. The lowest BCUT2D eigenvalue weighted by atomic mass is 10.1. The van der Waals surface area contributed by atoms with Crippen molar-refractivity contribution in [3.8, 4) is 6.07 Å². The molecular formula is C14H15ClN2O2S. The van der Waals surface area contributed by atoms with Crippen molar-refractivity contribution >= 4 is 21.6 Å². The second-order valence-corrected chi connectivity index (χ2v) is 7.22. The van der Waals surface area contributed by atoms with Gasteiger partial charge in [-0.1, -0.05) is 22.7 Å². The molecule has 0 fully saturated rings. The third-order valence-corrected chi connectivity index (χ3v) is 5.89. The van der Waals surface area contributed by atoms with Crippen molar-refractivity contribution in [3.05, 3.63) is 39.9 Å². The molecule has 1 aromatic rings. The maximum atomic E-state index is 12.6. The first-order valence-electron chi connectivity index (χ1n) is 6.21. The minimum atomic E-state index is -3.62. The summed E-state index contributed by atoms with van der Waals surface area (Å²) in [5.74, 6) is 0. The van der Waals surface area contributed by atoms with Crippen LogP contribution in [0.3, 0.4) is 0 Å². The first-order chi connectivity index (χ1) is 9.36. The van der Waals surface area contributed by atoms with Gasteiger partial charge in [-0.05, 0) is 38.5 Å². The summed E-state index contributed by atoms with van der Waals surface area (Å²) in [5, 5.41) is 8.88. The molecule has 1 aliphatic rings. The summed E-state index contributed by atoms with van der Waals surface area (Å²) >= 11 is 6.01. The molecular weight excluding hydrogens is 296 g/mol. The van der Waals surface area contributed by atoms with Crippen LogP contribution in [0.25, 0.3) is 0 Å². The summed E-state index contributed by atoms with van der Waals surface area (Å²) in [5.41, 5.74) is 2.66. The lowest BCUT2D eigenvalue weighted by Crippen LogP contribution is -2.36. The smallest absolute Gasteiger partial charge is 0.207 e. The fourth-order valence-electron chi connectivity index (χ4n) is 2.11. The summed E-state index contributed by atoms with van der Waals surface area (Å²) in [4.78, 5) is 0.0607. The molecule has 0 spiro atoms. The van der Waals surface area contributed by atoms with E-state index in [-0.39, 0.29) is 9.92 Å². The van der Waals surface area contributed by atoms with E-state index in [1.807, 2.05) is 19.9 Å². The second kappa shape index (κ2) is 5.57. The zero-order valence-electron chi connectivity index (χ0n) is 11.4. The molecule has 0 bridgehead atoms. The highest BCUT2D eigenvalue weighted by molar-refractivity contribution is 7.89. The zero-order chi connectivity index (χ0) is 14.9. The van der Waals surface area contributed by atoms with E-state index in [9.17, 15) is 8.42 Å². The normalized spacial score (nSPS) is 17.1. The average Bonchev–Trinajstić information content (AvgIpc) is 2.41. The molecule has 0 aliphatic carbocycles. The lowest BCUT2D eigenvalue weighted by molar-refractivity contribution is 0.421. The van der Waals surface area contributed by atoms with E-state index in [4.69, 9.17) is 16.9 Å². The molecule has 1 aromatic carbocycles. The van der Waals surface area contributed by atoms with Gasteiger partial charge in [0.2, 0.25) is 10.0 Å². The van der Waals surface area contributed by atoms with Crippen LogP contribution in [-0.2, 0) is 10.0 Å². The van der Waals surface area contributed by atoms with Gasteiger partial charge < -0.3 is 0 Å². The molecule has 4 nitrogen and oxygen atoms in total. The highest BCUT2D eigenvalue weighted by Crippen LogP contribution is 2.28. The molecule has 0 atom stereocenters. The molecule has 1 aliphatic heterocycles. The van der Waals surface area contributed by atoms with E-state index in [0.717, 1.165) is 12.0 Å². The van der Waals surface area contributed by atoms with Crippen molar-refractivity contribution in [1.82, 2.24) is 4.31 Å². The van der Waals surface area contributed by atoms with Crippen LogP contribution in [0.2, 0.25) is 5.02 Å². The highest BCUT2D eigenvalue weighted by Gasteiger charge is 2.29. The van der Waals surface area contributed by atoms with Crippen LogP contribution in [0, 0.1) is 11.3 Å². The minimum absolute atomic E-state index is 0.0607. The Hall–Kier alpha value is -1.35. The van der Waals surface area contributed by atoms with Gasteiger partial charge in [0.15, 0.2) is 0 Å². The molecule has 0 unspecified atom stereocenters. The van der Waals surface area contributed by atoms with Crippen LogP contribution in [0.4, 0.5) is 0 Å². The van der Waals surface area contributed by atoms with Crippen LogP contribution in [0.1, 0.15) is 25.8 Å². The summed E-state index contributed by atoms with van der Waals surface area (Å²) < 4.78 is 26.6. The van der Waals surface area contributed by atoms with Gasteiger partial charge in [-0.15, -0.1) is 0 Å². The number of hydrogen-bond acceptors (Lipinski definition) is 3. The van der Waals surface area contributed by atoms with Gasteiger partial charge in [-0.2, -0.15) is 9.57 Å². The number of nitrogens with zero attached hydrogens (tertiary/aromatic N) is 2. The molecule has 0 N–H and O–H groups in total. The van der Waals surface area contributed by atoms with Crippen LogP contribution < -0.4 is 0 Å². The van der Waals surface area contributed by atoms with Gasteiger partial charge in [-0.3, -0.25) is 0 Å². The van der Waals surface area contributed by atoms with Crippen LogP contribution in [-0.4, -0.2) is 25.8 Å². The molecule has 2 rings (SSSR count). The van der Waals surface area contributed by atoms with Crippen LogP contribution >= 0.6 is 11.6 Å². The van der Waals surface area contributed by atoms with Crippen molar-refractivity contribution in [2.45, 2.75) is 25.2 Å². The van der Waals surface area contributed by atoms with Crippen molar-refractivity contribution in [2.24, 2.45) is 0 Å². The fourth-order valence-corrected chi connectivity index (χ4v) is 4.10. The number of sulfonamides is 1. The molecule has 0 amide bonds. The third kappa shape index (κ3) is 2.73. The Morgan fingerprint density at radius 2 is 2.00 bits per heavy atom. The predicted octanol–water partition coefficient (Wildman–Crippen LogP) is 2.94. The van der Waals surface area contributed by atoms with Crippen molar-refractivity contribution in [3.63, 3.8) is 0 Å². The number of halogens is 1. The maximum absolute atomic E-state index is 12.6. The van der Waals surface area contributed by atoms with Crippen molar-refractivity contribution < 1.29 is 8.42 Å². The fraction of sp³-hybridized carbons (Fsp3) is 0.357. The minimum Gasteiger partial charge on any atom is -0.207 e. The lowest BCUT2D eigenvalue weighted by Gasteiger charge is -2.28. The molecule has 1 heterocycles. The Kier molecular flexibility index (Phi) is 4.19. The Morgan fingerprint density at radius 3 is 2.55 bits per heavy atom. The van der Waals surface area contributed by atoms with Gasteiger partial charge >= 0.3 is 0 Å². The molecule has 0 saturated carbocycles. The number of benzene rings is 1. The van der Waals surface area contributed by atoms with Crippen LogP contribution in [0.5, 0.6) is 0 Å². The molecule has 0 saturated heterocycles. The quantitative estimate of drug-likeness (QED) is 0.789. The van der Waals surface area contributed by atoms with E-state index in [1.54, 1.807) is 0 Å². The number of hydrogen-bond donors (Lipinski definition) is 0. The summed E-state index contributed by atoms with van der Waals surface area (Å²) in [6.45, 7) is 4.82. The second-order valence-electron chi connectivity index (χ2n) is 4.91. The van der Waals surface area contributed by atoms with E-state index < -0.39 is 10.0 Å². The molecule has 6 heteroatoms. The van der Waals surface area contributed by atoms with E-state index in [1.165, 1.54) is 28.1 Å². The van der Waals surface area contributed by atoms with Crippen LogP contribution in [0.15, 0.2) is 34.2 Å².